The highest BCUT2D eigenvalue weighted by molar-refractivity contribution is 7.90. The number of hydrogen-bond donors (Lipinski definition) is 2. The van der Waals surface area contributed by atoms with Crippen molar-refractivity contribution in [3.8, 4) is 11.5 Å². The predicted octanol–water partition coefficient (Wildman–Crippen LogP) is 5.48. The van der Waals surface area contributed by atoms with E-state index in [0.29, 0.717) is 34.3 Å². The maximum absolute atomic E-state index is 14.9. The van der Waals surface area contributed by atoms with Crippen LogP contribution in [0.3, 0.4) is 0 Å². The molecule has 11 heteroatoms. The maximum atomic E-state index is 14.9. The van der Waals surface area contributed by atoms with Crippen LogP contribution in [0.2, 0.25) is 5.02 Å². The normalized spacial score (nSPS) is 17.5. The summed E-state index contributed by atoms with van der Waals surface area (Å²) in [4.78, 5) is 18.3. The van der Waals surface area contributed by atoms with Crippen LogP contribution < -0.4 is 19.5 Å². The van der Waals surface area contributed by atoms with Gasteiger partial charge in [0, 0.05) is 28.1 Å². The second-order valence-electron chi connectivity index (χ2n) is 9.77. The van der Waals surface area contributed by atoms with Gasteiger partial charge in [-0.05, 0) is 63.4 Å². The zero-order valence-electron chi connectivity index (χ0n) is 19.9. The van der Waals surface area contributed by atoms with E-state index < -0.39 is 33.4 Å². The Hall–Kier alpha value is -2.37. The van der Waals surface area contributed by atoms with Crippen LogP contribution in [-0.2, 0) is 21.6 Å². The van der Waals surface area contributed by atoms with E-state index in [4.69, 9.17) is 21.1 Å². The molecule has 2 heterocycles. The number of thiazole rings is 1. The first-order valence-corrected chi connectivity index (χ1v) is 13.7. The molecule has 0 radical (unpaired) electrons. The zero-order chi connectivity index (χ0) is 25.7. The Morgan fingerprint density at radius 2 is 1.97 bits per heavy atom. The summed E-state index contributed by atoms with van der Waals surface area (Å²) in [5.74, 6) is 0.612. The number of anilines is 1. The highest BCUT2D eigenvalue weighted by atomic mass is 35.5. The minimum Gasteiger partial charge on any atom is -0.598 e. The molecule has 0 unspecified atom stereocenters. The fourth-order valence-electron chi connectivity index (χ4n) is 3.95. The maximum Gasteiger partial charge on any atom is 0.236 e. The zero-order valence-corrected chi connectivity index (χ0v) is 22.3. The van der Waals surface area contributed by atoms with Crippen LogP contribution in [0.25, 0.3) is 0 Å². The molecule has 3 aromatic rings. The Morgan fingerprint density at radius 3 is 2.67 bits per heavy atom. The largest absolute Gasteiger partial charge is 0.598 e. The van der Waals surface area contributed by atoms with Gasteiger partial charge in [-0.3, -0.25) is 4.79 Å². The van der Waals surface area contributed by atoms with E-state index in [0.717, 1.165) is 5.56 Å². The van der Waals surface area contributed by atoms with Crippen LogP contribution in [0.5, 0.6) is 11.5 Å². The van der Waals surface area contributed by atoms with Crippen molar-refractivity contribution >= 4 is 45.3 Å². The summed E-state index contributed by atoms with van der Waals surface area (Å²) in [5.41, 5.74) is 0.502. The first-order valence-electron chi connectivity index (χ1n) is 11.4. The second-order valence-corrected chi connectivity index (χ2v) is 13.3. The van der Waals surface area contributed by atoms with Crippen molar-refractivity contribution < 1.29 is 23.2 Å². The van der Waals surface area contributed by atoms with E-state index in [2.05, 4.69) is 15.0 Å². The minimum atomic E-state index is -1.49. The van der Waals surface area contributed by atoms with Crippen LogP contribution in [0, 0.1) is 5.82 Å². The average Bonchev–Trinajstić information content (AvgIpc) is 3.28. The molecule has 1 aromatic heterocycles. The van der Waals surface area contributed by atoms with Crippen LogP contribution in [0.1, 0.15) is 55.7 Å². The lowest BCUT2D eigenvalue weighted by Crippen LogP contribution is -2.41. The second kappa shape index (κ2) is 9.50. The van der Waals surface area contributed by atoms with Crippen LogP contribution in [0.4, 0.5) is 9.52 Å². The van der Waals surface area contributed by atoms with Gasteiger partial charge in [0.1, 0.15) is 16.6 Å². The van der Waals surface area contributed by atoms with E-state index >= 15 is 0 Å². The predicted molar refractivity (Wildman–Crippen MR) is 139 cm³/mol. The lowest BCUT2D eigenvalue weighted by Gasteiger charge is -2.27. The molecule has 1 saturated carbocycles. The third-order valence-corrected chi connectivity index (χ3v) is 8.97. The highest BCUT2D eigenvalue weighted by Crippen LogP contribution is 2.51. The third kappa shape index (κ3) is 4.92. The Bertz CT molecular complexity index is 1310. The van der Waals surface area contributed by atoms with E-state index in [9.17, 15) is 13.7 Å². The molecule has 2 aliphatic rings. The molecule has 5 rings (SSSR count). The van der Waals surface area contributed by atoms with Crippen molar-refractivity contribution in [2.75, 3.05) is 12.1 Å². The minimum absolute atomic E-state index is 0.164. The molecule has 0 bridgehead atoms. The molecule has 1 amide bonds. The monoisotopic (exact) mass is 549 g/mol. The van der Waals surface area contributed by atoms with Crippen LogP contribution in [-0.4, -0.2) is 27.0 Å². The van der Waals surface area contributed by atoms with E-state index in [-0.39, 0.29) is 23.3 Å². The van der Waals surface area contributed by atoms with Crippen molar-refractivity contribution in [2.45, 2.75) is 49.8 Å². The number of hydrogen-bond acceptors (Lipinski definition) is 7. The fraction of sp³-hybridized carbons (Fsp3) is 0.360. The molecular formula is C25H25ClFN3O4S2. The summed E-state index contributed by atoms with van der Waals surface area (Å²) in [6.07, 6.45) is 2.98. The number of benzene rings is 2. The molecule has 2 aromatic carbocycles. The number of amides is 1. The number of nitrogens with zero attached hydrogens (tertiary/aromatic N) is 1. The standard InChI is InChI=1S/C25H25ClFN3O4S2/c1-24(2,3)36(32)30-21(16-6-5-15(26)11-17(16)27)20-12-28-23(35-20)29-22(31)25(8-9-25)14-4-7-18-19(10-14)34-13-33-18/h4-7,10-12,21,30H,8-9,13H2,1-3H3,(H,28,29,31)/t21-,36+/m0/s1. The first-order chi connectivity index (χ1) is 17.1. The first kappa shape index (κ1) is 25.3. The molecular weight excluding hydrogens is 525 g/mol. The van der Waals surface area contributed by atoms with Gasteiger partial charge in [0.2, 0.25) is 12.7 Å². The quantitative estimate of drug-likeness (QED) is 0.379. The number of aromatic nitrogens is 1. The van der Waals surface area contributed by atoms with E-state index in [1.807, 2.05) is 39.0 Å². The summed E-state index contributed by atoms with van der Waals surface area (Å²) < 4.78 is 41.1. The molecule has 0 saturated heterocycles. The van der Waals surface area contributed by atoms with Crippen molar-refractivity contribution in [2.24, 2.45) is 0 Å². The molecule has 2 atom stereocenters. The van der Waals surface area contributed by atoms with Crippen molar-refractivity contribution in [1.82, 2.24) is 9.71 Å². The van der Waals surface area contributed by atoms with Gasteiger partial charge in [-0.2, -0.15) is 0 Å². The van der Waals surface area contributed by atoms with Gasteiger partial charge in [0.25, 0.3) is 0 Å². The van der Waals surface area contributed by atoms with Crippen LogP contribution in [0.15, 0.2) is 42.6 Å². The Kier molecular flexibility index (Phi) is 6.67. The number of ether oxygens (including phenoxy) is 2. The highest BCUT2D eigenvalue weighted by Gasteiger charge is 2.52. The number of fused-ring (bicyclic) bond motifs is 1. The number of halogens is 2. The molecule has 1 aliphatic heterocycles. The number of carbonyl (C=O) groups excluding carboxylic acids is 1. The Morgan fingerprint density at radius 1 is 1.22 bits per heavy atom. The van der Waals surface area contributed by atoms with Gasteiger partial charge in [0.15, 0.2) is 16.6 Å². The summed E-state index contributed by atoms with van der Waals surface area (Å²) >= 11 is 5.66. The Balaban J connectivity index is 1.38. The molecule has 7 nitrogen and oxygen atoms in total. The molecule has 36 heavy (non-hydrogen) atoms. The van der Waals surface area contributed by atoms with Gasteiger partial charge in [-0.15, -0.1) is 4.72 Å². The molecule has 2 N–H and O–H groups in total. The molecule has 1 fully saturated rings. The Labute approximate surface area is 220 Å². The lowest BCUT2D eigenvalue weighted by atomic mass is 9.94. The van der Waals surface area contributed by atoms with Crippen molar-refractivity contribution in [3.05, 3.63) is 69.4 Å². The molecule has 0 spiro atoms. The summed E-state index contributed by atoms with van der Waals surface area (Å²) in [6, 6.07) is 9.18. The summed E-state index contributed by atoms with van der Waals surface area (Å²) in [5, 5.41) is 3.57. The average molecular weight is 550 g/mol. The lowest BCUT2D eigenvalue weighted by molar-refractivity contribution is -0.118. The fourth-order valence-corrected chi connectivity index (χ4v) is 5.89. The van der Waals surface area contributed by atoms with Gasteiger partial charge < -0.3 is 19.3 Å². The van der Waals surface area contributed by atoms with Crippen molar-refractivity contribution in [3.63, 3.8) is 0 Å². The van der Waals surface area contributed by atoms with Crippen LogP contribution >= 0.6 is 22.9 Å². The SMILES string of the molecule is CC(C)(C)[S@@+]([O-])N[C@H](c1cnc(NC(=O)C2(c3ccc4c(c3)OCO4)CC2)s1)c1ccc(Cl)cc1F. The number of carbonyl (C=O) groups is 1. The molecule has 1 aliphatic carbocycles. The topological polar surface area (TPSA) is 95.5 Å². The summed E-state index contributed by atoms with van der Waals surface area (Å²) in [7, 11) is 0. The van der Waals surface area contributed by atoms with Gasteiger partial charge in [0.05, 0.1) is 10.3 Å². The van der Waals surface area contributed by atoms with Gasteiger partial charge >= 0.3 is 0 Å². The van der Waals surface area contributed by atoms with Crippen molar-refractivity contribution in [1.29, 1.82) is 0 Å². The van der Waals surface area contributed by atoms with E-state index in [1.54, 1.807) is 18.3 Å². The van der Waals surface area contributed by atoms with Gasteiger partial charge in [-0.25, -0.2) is 9.37 Å². The van der Waals surface area contributed by atoms with Gasteiger partial charge in [-0.1, -0.05) is 35.1 Å². The molecule has 190 valence electrons. The smallest absolute Gasteiger partial charge is 0.236 e. The summed E-state index contributed by atoms with van der Waals surface area (Å²) in [6.45, 7) is 5.65. The van der Waals surface area contributed by atoms with E-state index in [1.165, 1.54) is 17.4 Å². The number of rotatable bonds is 7. The number of nitrogens with one attached hydrogen (secondary N) is 2. The third-order valence-electron chi connectivity index (χ3n) is 6.19.